The van der Waals surface area contributed by atoms with Crippen LogP contribution in [0.3, 0.4) is 0 Å². The zero-order chi connectivity index (χ0) is 16.4. The highest BCUT2D eigenvalue weighted by atomic mass is 32.1. The fourth-order valence-corrected chi connectivity index (χ4v) is 3.17. The highest BCUT2D eigenvalue weighted by molar-refractivity contribution is 7.07. The van der Waals surface area contributed by atoms with Crippen molar-refractivity contribution in [2.24, 2.45) is 0 Å². The van der Waals surface area contributed by atoms with E-state index in [1.54, 1.807) is 5.51 Å². The molecule has 1 aliphatic rings. The van der Waals surface area contributed by atoms with Crippen LogP contribution in [0, 0.1) is 0 Å². The summed E-state index contributed by atoms with van der Waals surface area (Å²) in [4.78, 5) is 17.7. The van der Waals surface area contributed by atoms with Crippen molar-refractivity contribution in [3.05, 3.63) is 46.4 Å². The van der Waals surface area contributed by atoms with Gasteiger partial charge in [-0.3, -0.25) is 4.79 Å². The van der Waals surface area contributed by atoms with Gasteiger partial charge in [-0.05, 0) is 18.6 Å². The van der Waals surface area contributed by atoms with Crippen molar-refractivity contribution in [2.75, 3.05) is 11.4 Å². The zero-order valence-corrected chi connectivity index (χ0v) is 12.8. The van der Waals surface area contributed by atoms with Crippen molar-refractivity contribution in [1.29, 1.82) is 0 Å². The van der Waals surface area contributed by atoms with Crippen LogP contribution in [0.15, 0.2) is 35.2 Å². The molecule has 3 rings (SSSR count). The van der Waals surface area contributed by atoms with E-state index in [-0.39, 0.29) is 18.1 Å². The SMILES string of the molecule is O=C1C(NCc2cscn2)CCN1c1ccccc1C(F)(F)F. The van der Waals surface area contributed by atoms with Gasteiger partial charge in [0.15, 0.2) is 0 Å². The second-order valence-electron chi connectivity index (χ2n) is 5.21. The summed E-state index contributed by atoms with van der Waals surface area (Å²) in [6.45, 7) is 0.690. The molecule has 1 aliphatic heterocycles. The lowest BCUT2D eigenvalue weighted by molar-refractivity contribution is -0.137. The van der Waals surface area contributed by atoms with Gasteiger partial charge in [0.05, 0.1) is 28.5 Å². The van der Waals surface area contributed by atoms with Crippen LogP contribution in [0.4, 0.5) is 18.9 Å². The molecule has 1 unspecified atom stereocenters. The number of rotatable bonds is 4. The number of amides is 1. The number of carbonyl (C=O) groups excluding carboxylic acids is 1. The van der Waals surface area contributed by atoms with Crippen molar-refractivity contribution in [3.63, 3.8) is 0 Å². The molecule has 1 aromatic heterocycles. The van der Waals surface area contributed by atoms with E-state index in [1.165, 1.54) is 34.4 Å². The Hall–Kier alpha value is -1.93. The third-order valence-corrected chi connectivity index (χ3v) is 4.35. The molecule has 1 amide bonds. The number of thiazole rings is 1. The van der Waals surface area contributed by atoms with Crippen LogP contribution < -0.4 is 10.2 Å². The van der Waals surface area contributed by atoms with Crippen LogP contribution in [0.5, 0.6) is 0 Å². The number of anilines is 1. The predicted molar refractivity (Wildman–Crippen MR) is 81.2 cm³/mol. The topological polar surface area (TPSA) is 45.2 Å². The molecule has 0 spiro atoms. The van der Waals surface area contributed by atoms with Crippen molar-refractivity contribution >= 4 is 22.9 Å². The lowest BCUT2D eigenvalue weighted by atomic mass is 10.1. The molecule has 1 fully saturated rings. The van der Waals surface area contributed by atoms with E-state index in [4.69, 9.17) is 0 Å². The number of nitrogens with one attached hydrogen (secondary N) is 1. The van der Waals surface area contributed by atoms with Gasteiger partial charge in [0.25, 0.3) is 0 Å². The average molecular weight is 341 g/mol. The summed E-state index contributed by atoms with van der Waals surface area (Å²) >= 11 is 1.45. The van der Waals surface area contributed by atoms with E-state index in [2.05, 4.69) is 10.3 Å². The first-order valence-electron chi connectivity index (χ1n) is 7.05. The summed E-state index contributed by atoms with van der Waals surface area (Å²) in [7, 11) is 0. The first kappa shape index (κ1) is 15.9. The molecule has 122 valence electrons. The van der Waals surface area contributed by atoms with Crippen LogP contribution in [-0.4, -0.2) is 23.5 Å². The van der Waals surface area contributed by atoms with Crippen molar-refractivity contribution < 1.29 is 18.0 Å². The molecule has 1 aromatic carbocycles. The molecular weight excluding hydrogens is 327 g/mol. The molecule has 1 N–H and O–H groups in total. The molecule has 2 heterocycles. The molecular formula is C15H14F3N3OS. The fourth-order valence-electron chi connectivity index (χ4n) is 2.61. The smallest absolute Gasteiger partial charge is 0.310 e. The first-order valence-corrected chi connectivity index (χ1v) is 7.99. The van der Waals surface area contributed by atoms with E-state index in [0.717, 1.165) is 11.8 Å². The van der Waals surface area contributed by atoms with Gasteiger partial charge in [-0.25, -0.2) is 4.98 Å². The van der Waals surface area contributed by atoms with Crippen LogP contribution in [0.1, 0.15) is 17.7 Å². The lowest BCUT2D eigenvalue weighted by Gasteiger charge is -2.21. The van der Waals surface area contributed by atoms with Crippen LogP contribution >= 0.6 is 11.3 Å². The molecule has 0 saturated carbocycles. The van der Waals surface area contributed by atoms with E-state index < -0.39 is 17.8 Å². The van der Waals surface area contributed by atoms with E-state index in [9.17, 15) is 18.0 Å². The van der Waals surface area contributed by atoms with Crippen molar-refractivity contribution in [1.82, 2.24) is 10.3 Å². The summed E-state index contributed by atoms with van der Waals surface area (Å²) < 4.78 is 39.3. The normalized spacial score (nSPS) is 18.7. The molecule has 2 aromatic rings. The van der Waals surface area contributed by atoms with E-state index >= 15 is 0 Å². The number of hydrogen-bond acceptors (Lipinski definition) is 4. The second-order valence-corrected chi connectivity index (χ2v) is 5.93. The molecule has 4 nitrogen and oxygen atoms in total. The summed E-state index contributed by atoms with van der Waals surface area (Å²) in [5.41, 5.74) is 1.65. The van der Waals surface area contributed by atoms with Crippen LogP contribution in [0.2, 0.25) is 0 Å². The average Bonchev–Trinajstić information content (AvgIpc) is 3.14. The van der Waals surface area contributed by atoms with Gasteiger partial charge >= 0.3 is 6.18 Å². The van der Waals surface area contributed by atoms with Crippen LogP contribution in [0.25, 0.3) is 0 Å². The number of hydrogen-bond donors (Lipinski definition) is 1. The maximum Gasteiger partial charge on any atom is 0.418 e. The van der Waals surface area contributed by atoms with Gasteiger partial charge in [0, 0.05) is 18.5 Å². The quantitative estimate of drug-likeness (QED) is 0.930. The Kier molecular flexibility index (Phi) is 4.36. The lowest BCUT2D eigenvalue weighted by Crippen LogP contribution is -2.38. The summed E-state index contributed by atoms with van der Waals surface area (Å²) in [5.74, 6) is -0.336. The van der Waals surface area contributed by atoms with Gasteiger partial charge in [-0.15, -0.1) is 11.3 Å². The fraction of sp³-hybridized carbons (Fsp3) is 0.333. The molecule has 0 bridgehead atoms. The van der Waals surface area contributed by atoms with Gasteiger partial charge < -0.3 is 10.2 Å². The summed E-state index contributed by atoms with van der Waals surface area (Å²) in [6, 6.07) is 4.68. The molecule has 0 aliphatic carbocycles. The third kappa shape index (κ3) is 3.37. The Labute approximate surface area is 135 Å². The van der Waals surface area contributed by atoms with Crippen LogP contribution in [-0.2, 0) is 17.5 Å². The summed E-state index contributed by atoms with van der Waals surface area (Å²) in [5, 5.41) is 4.93. The number of alkyl halides is 3. The molecule has 0 radical (unpaired) electrons. The zero-order valence-electron chi connectivity index (χ0n) is 12.0. The number of nitrogens with zero attached hydrogens (tertiary/aromatic N) is 2. The third-order valence-electron chi connectivity index (χ3n) is 3.72. The number of aromatic nitrogens is 1. The second kappa shape index (κ2) is 6.29. The molecule has 1 atom stereocenters. The number of halogens is 3. The first-order chi connectivity index (χ1) is 11.0. The Morgan fingerprint density at radius 2 is 2.13 bits per heavy atom. The standard InChI is InChI=1S/C15H14F3N3OS/c16-15(17,18)11-3-1-2-4-13(11)21-6-5-12(14(21)22)19-7-10-8-23-9-20-10/h1-4,8-9,12,19H,5-7H2. The Balaban J connectivity index is 1.74. The van der Waals surface area contributed by atoms with Gasteiger partial charge in [0.1, 0.15) is 0 Å². The molecule has 8 heteroatoms. The number of benzene rings is 1. The van der Waals surface area contributed by atoms with Gasteiger partial charge in [0.2, 0.25) is 5.91 Å². The minimum absolute atomic E-state index is 0.0806. The highest BCUT2D eigenvalue weighted by Gasteiger charge is 2.39. The molecule has 23 heavy (non-hydrogen) atoms. The Morgan fingerprint density at radius 3 is 2.83 bits per heavy atom. The highest BCUT2D eigenvalue weighted by Crippen LogP contribution is 2.37. The van der Waals surface area contributed by atoms with E-state index in [1.807, 2.05) is 5.38 Å². The summed E-state index contributed by atoms with van der Waals surface area (Å²) in [6.07, 6.45) is -4.02. The van der Waals surface area contributed by atoms with Crippen molar-refractivity contribution in [3.8, 4) is 0 Å². The Bertz CT molecular complexity index is 688. The van der Waals surface area contributed by atoms with Gasteiger partial charge in [-0.2, -0.15) is 13.2 Å². The number of carbonyl (C=O) groups is 1. The maximum absolute atomic E-state index is 13.1. The molecule has 1 saturated heterocycles. The minimum atomic E-state index is -4.48. The van der Waals surface area contributed by atoms with Gasteiger partial charge in [-0.1, -0.05) is 12.1 Å². The largest absolute Gasteiger partial charge is 0.418 e. The monoisotopic (exact) mass is 341 g/mol. The van der Waals surface area contributed by atoms with Crippen molar-refractivity contribution in [2.45, 2.75) is 25.2 Å². The number of para-hydroxylation sites is 1. The minimum Gasteiger partial charge on any atom is -0.310 e. The predicted octanol–water partition coefficient (Wildman–Crippen LogP) is 3.06. The Morgan fingerprint density at radius 1 is 1.35 bits per heavy atom. The van der Waals surface area contributed by atoms with E-state index in [0.29, 0.717) is 13.0 Å². The maximum atomic E-state index is 13.1.